The average Bonchev–Trinajstić information content (AvgIpc) is 1.35. The molecule has 0 unspecified atom stereocenters. The van der Waals surface area contributed by atoms with E-state index in [0.717, 1.165) is 3.04 Å². The van der Waals surface area contributed by atoms with Crippen LogP contribution < -0.4 is 0 Å². The van der Waals surface area contributed by atoms with Crippen LogP contribution in [0.2, 0.25) is 0 Å². The van der Waals surface area contributed by atoms with Gasteiger partial charge in [0.15, 0.2) is 0 Å². The fourth-order valence-electron chi connectivity index (χ4n) is 0.0891. The van der Waals surface area contributed by atoms with Crippen molar-refractivity contribution in [3.63, 3.8) is 0 Å². The maximum absolute atomic E-state index is 5.35. The van der Waals surface area contributed by atoms with E-state index in [0.29, 0.717) is 0 Å². The Bertz CT molecular complexity index is 71.6. The van der Waals surface area contributed by atoms with Crippen LogP contribution in [0.5, 0.6) is 0 Å². The van der Waals surface area contributed by atoms with Gasteiger partial charge in [0.1, 0.15) is 0 Å². The molecule has 0 aromatic carbocycles. The van der Waals surface area contributed by atoms with Crippen LogP contribution >= 0.6 is 34.2 Å². The van der Waals surface area contributed by atoms with Crippen LogP contribution in [-0.4, -0.2) is 0 Å². The first-order valence-electron chi connectivity index (χ1n) is 1.41. The first kappa shape index (κ1) is 6.50. The highest BCUT2D eigenvalue weighted by atomic mass is 127. The minimum atomic E-state index is 0.739. The van der Waals surface area contributed by atoms with Crippen molar-refractivity contribution < 1.29 is 0 Å². The number of rotatable bonds is 1. The van der Waals surface area contributed by atoms with Crippen LogP contribution in [0.3, 0.4) is 0 Å². The highest BCUT2D eigenvalue weighted by molar-refractivity contribution is 14.1. The van der Waals surface area contributed by atoms with E-state index in [1.54, 1.807) is 12.2 Å². The largest absolute Gasteiger partial charge is 0.0990 e. The predicted octanol–water partition coefficient (Wildman–Crippen LogP) is 2.69. The van der Waals surface area contributed by atoms with E-state index in [-0.39, 0.29) is 0 Å². The van der Waals surface area contributed by atoms with Crippen molar-refractivity contribution in [1.29, 1.82) is 0 Å². The number of hydrogen-bond acceptors (Lipinski definition) is 0. The molecule has 0 N–H and O–H groups in total. The van der Waals surface area contributed by atoms with E-state index < -0.39 is 0 Å². The van der Waals surface area contributed by atoms with Crippen LogP contribution in [0.4, 0.5) is 0 Å². The van der Waals surface area contributed by atoms with Crippen LogP contribution in [-0.2, 0) is 0 Å². The minimum absolute atomic E-state index is 0.739. The molecule has 0 saturated carbocycles. The molecule has 0 rings (SSSR count). The summed E-state index contributed by atoms with van der Waals surface area (Å²) in [5.74, 6) is 0. The SMILES string of the molecule is C=C/C=C(/Cl)I. The third kappa shape index (κ3) is 4.50. The molecule has 0 aromatic heterocycles. The molecule has 2 heteroatoms. The van der Waals surface area contributed by atoms with Crippen molar-refractivity contribution in [3.8, 4) is 0 Å². The Morgan fingerprint density at radius 2 is 2.33 bits per heavy atom. The fourth-order valence-corrected chi connectivity index (χ4v) is 0.432. The fraction of sp³-hybridized carbons (Fsp3) is 0. The molecule has 0 spiro atoms. The summed E-state index contributed by atoms with van der Waals surface area (Å²) in [5, 5.41) is 0. The molecule has 0 bridgehead atoms. The Balaban J connectivity index is 3.41. The maximum atomic E-state index is 5.35. The van der Waals surface area contributed by atoms with Crippen molar-refractivity contribution in [1.82, 2.24) is 0 Å². The highest BCUT2D eigenvalue weighted by Crippen LogP contribution is 2.09. The van der Waals surface area contributed by atoms with E-state index in [1.807, 2.05) is 22.6 Å². The summed E-state index contributed by atoms with van der Waals surface area (Å²) >= 11 is 7.35. The third-order valence-electron chi connectivity index (χ3n) is 0.244. The predicted molar refractivity (Wildman–Crippen MR) is 38.2 cm³/mol. The van der Waals surface area contributed by atoms with Gasteiger partial charge in [0, 0.05) is 0 Å². The van der Waals surface area contributed by atoms with E-state index in [9.17, 15) is 0 Å². The summed E-state index contributed by atoms with van der Waals surface area (Å²) in [6.45, 7) is 3.44. The lowest BCUT2D eigenvalue weighted by Gasteiger charge is -1.70. The van der Waals surface area contributed by atoms with Crippen molar-refractivity contribution in [2.24, 2.45) is 0 Å². The first-order valence-corrected chi connectivity index (χ1v) is 2.86. The van der Waals surface area contributed by atoms with Gasteiger partial charge in [0.05, 0.1) is 3.04 Å². The Morgan fingerprint density at radius 3 is 2.33 bits per heavy atom. The van der Waals surface area contributed by atoms with Gasteiger partial charge in [-0.1, -0.05) is 24.3 Å². The molecule has 0 aliphatic heterocycles. The quantitative estimate of drug-likeness (QED) is 0.465. The van der Waals surface area contributed by atoms with Gasteiger partial charge in [0.25, 0.3) is 0 Å². The molecule has 6 heavy (non-hydrogen) atoms. The average molecular weight is 214 g/mol. The second-order valence-electron chi connectivity index (χ2n) is 0.692. The Labute approximate surface area is 56.0 Å². The molecule has 0 atom stereocenters. The zero-order chi connectivity index (χ0) is 4.99. The van der Waals surface area contributed by atoms with Gasteiger partial charge in [-0.15, -0.1) is 0 Å². The van der Waals surface area contributed by atoms with Gasteiger partial charge in [-0.2, -0.15) is 0 Å². The lowest BCUT2D eigenvalue weighted by molar-refractivity contribution is 2.10. The van der Waals surface area contributed by atoms with Gasteiger partial charge >= 0.3 is 0 Å². The van der Waals surface area contributed by atoms with Crippen molar-refractivity contribution in [2.75, 3.05) is 0 Å². The van der Waals surface area contributed by atoms with Crippen LogP contribution in [0.15, 0.2) is 21.8 Å². The topological polar surface area (TPSA) is 0 Å². The summed E-state index contributed by atoms with van der Waals surface area (Å²) < 4.78 is 0.739. The summed E-state index contributed by atoms with van der Waals surface area (Å²) in [6, 6.07) is 0. The van der Waals surface area contributed by atoms with E-state index in [1.165, 1.54) is 0 Å². The van der Waals surface area contributed by atoms with Gasteiger partial charge in [-0.3, -0.25) is 0 Å². The van der Waals surface area contributed by atoms with Gasteiger partial charge in [-0.25, -0.2) is 0 Å². The standard InChI is InChI=1S/C4H4ClI/c1-2-3-4(5)6/h2-3H,1H2/b4-3-. The first-order chi connectivity index (χ1) is 2.77. The van der Waals surface area contributed by atoms with Gasteiger partial charge in [-0.05, 0) is 28.7 Å². The molecular weight excluding hydrogens is 210 g/mol. The second-order valence-corrected chi connectivity index (χ2v) is 2.90. The lowest BCUT2D eigenvalue weighted by Crippen LogP contribution is -1.41. The number of halogens is 2. The van der Waals surface area contributed by atoms with Gasteiger partial charge in [0.2, 0.25) is 0 Å². The smallest absolute Gasteiger partial charge is 0.0788 e. The van der Waals surface area contributed by atoms with E-state index in [4.69, 9.17) is 11.6 Å². The lowest BCUT2D eigenvalue weighted by atomic mass is 10.6. The van der Waals surface area contributed by atoms with Crippen molar-refractivity contribution in [3.05, 3.63) is 21.8 Å². The third-order valence-corrected chi connectivity index (χ3v) is 0.729. The van der Waals surface area contributed by atoms with E-state index in [2.05, 4.69) is 6.58 Å². The Kier molecular flexibility index (Phi) is 3.99. The van der Waals surface area contributed by atoms with E-state index >= 15 is 0 Å². The zero-order valence-electron chi connectivity index (χ0n) is 3.12. The summed E-state index contributed by atoms with van der Waals surface area (Å²) in [4.78, 5) is 0. The Morgan fingerprint density at radius 1 is 1.83 bits per heavy atom. The minimum Gasteiger partial charge on any atom is -0.0990 e. The molecule has 0 aliphatic carbocycles. The maximum Gasteiger partial charge on any atom is 0.0788 e. The molecule has 0 fully saturated rings. The van der Waals surface area contributed by atoms with Crippen LogP contribution in [0.25, 0.3) is 0 Å². The summed E-state index contributed by atoms with van der Waals surface area (Å²) in [5.41, 5.74) is 0. The summed E-state index contributed by atoms with van der Waals surface area (Å²) in [7, 11) is 0. The van der Waals surface area contributed by atoms with Crippen LogP contribution in [0.1, 0.15) is 0 Å². The second kappa shape index (κ2) is 3.68. The molecule has 0 saturated heterocycles. The molecule has 0 aliphatic rings. The van der Waals surface area contributed by atoms with Crippen molar-refractivity contribution >= 4 is 34.2 Å². The zero-order valence-corrected chi connectivity index (χ0v) is 6.03. The van der Waals surface area contributed by atoms with Crippen LogP contribution in [0, 0.1) is 0 Å². The summed E-state index contributed by atoms with van der Waals surface area (Å²) in [6.07, 6.45) is 3.37. The molecule has 0 amide bonds. The molecular formula is C4H4ClI. The molecule has 0 heterocycles. The monoisotopic (exact) mass is 214 g/mol. The molecule has 0 radical (unpaired) electrons. The molecule has 34 valence electrons. The molecule has 0 aromatic rings. The van der Waals surface area contributed by atoms with Crippen molar-refractivity contribution in [2.45, 2.75) is 0 Å². The van der Waals surface area contributed by atoms with Gasteiger partial charge < -0.3 is 0 Å². The Hall–Kier alpha value is 0.500. The highest BCUT2D eigenvalue weighted by Gasteiger charge is 1.70. The number of allylic oxidation sites excluding steroid dienone is 2. The number of hydrogen-bond donors (Lipinski definition) is 0. The molecule has 0 nitrogen and oxygen atoms in total. The normalized spacial score (nSPS) is 11.3.